The van der Waals surface area contributed by atoms with E-state index in [4.69, 9.17) is 9.36 Å². The van der Waals surface area contributed by atoms with Crippen LogP contribution in [-0.4, -0.2) is 49.7 Å². The monoisotopic (exact) mass is 838 g/mol. The van der Waals surface area contributed by atoms with Gasteiger partial charge in [0.1, 0.15) is 0 Å². The number of hydroxylamine groups is 1. The van der Waals surface area contributed by atoms with Crippen molar-refractivity contribution < 1.29 is 33.3 Å². The number of amides is 4. The molecule has 0 bridgehead atoms. The Morgan fingerprint density at radius 1 is 0.746 bits per heavy atom. The first-order valence-corrected chi connectivity index (χ1v) is 21.6. The lowest BCUT2D eigenvalue weighted by atomic mass is 9.94. The molecule has 3 aromatic heterocycles. The molecule has 3 N–H and O–H groups in total. The number of nitrogens with one attached hydrogen (secondary N) is 3. The van der Waals surface area contributed by atoms with Gasteiger partial charge in [-0.15, -0.1) is 27.7 Å². The van der Waals surface area contributed by atoms with Crippen LogP contribution in [0.15, 0.2) is 59.6 Å². The van der Waals surface area contributed by atoms with Crippen LogP contribution in [0.1, 0.15) is 112 Å². The van der Waals surface area contributed by atoms with Crippen LogP contribution >= 0.6 is 22.7 Å². The van der Waals surface area contributed by atoms with Gasteiger partial charge in [-0.25, -0.2) is 24.4 Å². The largest absolute Gasteiger partial charge is 0.361 e. The number of nitrogens with zero attached hydrogens (tertiary/aromatic N) is 5. The minimum absolute atomic E-state index is 0.0250. The summed E-state index contributed by atoms with van der Waals surface area (Å²) >= 11 is 2.52. The second-order valence-corrected chi connectivity index (χ2v) is 17.2. The lowest BCUT2D eigenvalue weighted by Gasteiger charge is -2.24. The van der Waals surface area contributed by atoms with E-state index in [2.05, 4.69) is 36.1 Å². The number of aromatic nitrogens is 4. The summed E-state index contributed by atoms with van der Waals surface area (Å²) in [7, 11) is 0. The van der Waals surface area contributed by atoms with Crippen molar-refractivity contribution in [2.75, 3.05) is 21.0 Å². The number of Topliss-reactive ketones (excluding diaryl/α,β-unsaturated/α-hetero) is 2. The van der Waals surface area contributed by atoms with Crippen LogP contribution in [0.3, 0.4) is 0 Å². The summed E-state index contributed by atoms with van der Waals surface area (Å²) in [4.78, 5) is 87.5. The molecule has 7 rings (SSSR count). The number of hydrogen-bond acceptors (Lipinski definition) is 13. The fourth-order valence-corrected chi connectivity index (χ4v) is 9.11. The molecule has 2 saturated carbocycles. The van der Waals surface area contributed by atoms with Gasteiger partial charge in [0.15, 0.2) is 28.2 Å². The van der Waals surface area contributed by atoms with E-state index in [1.807, 2.05) is 26.0 Å². The molecule has 59 heavy (non-hydrogen) atoms. The lowest BCUT2D eigenvalue weighted by molar-refractivity contribution is -0.143. The first-order chi connectivity index (χ1) is 28.6. The first-order valence-electron chi connectivity index (χ1n) is 19.9. The van der Waals surface area contributed by atoms with E-state index in [9.17, 15) is 24.0 Å². The molecule has 3 heterocycles. The van der Waals surface area contributed by atoms with E-state index in [-0.39, 0.29) is 40.6 Å². The number of thiazole rings is 2. The molecule has 2 aliphatic rings. The van der Waals surface area contributed by atoms with Crippen molar-refractivity contribution in [2.24, 2.45) is 11.8 Å². The maximum absolute atomic E-state index is 13.9. The Morgan fingerprint density at radius 2 is 1.36 bits per heavy atom. The van der Waals surface area contributed by atoms with E-state index >= 15 is 0 Å². The zero-order valence-corrected chi connectivity index (χ0v) is 34.6. The molecule has 0 atom stereocenters. The maximum Gasteiger partial charge on any atom is 0.361 e. The quantitative estimate of drug-likeness (QED) is 0.0671. The van der Waals surface area contributed by atoms with E-state index in [0.29, 0.717) is 53.5 Å². The van der Waals surface area contributed by atoms with Gasteiger partial charge in [-0.2, -0.15) is 4.98 Å². The molecule has 0 aliphatic heterocycles. The predicted octanol–water partition coefficient (Wildman–Crippen LogP) is 9.29. The molecule has 5 aromatic rings. The minimum atomic E-state index is -0.780. The maximum atomic E-state index is 13.9. The number of aryl methyl sites for hydroxylation is 5. The molecule has 0 spiro atoms. The predicted molar refractivity (Wildman–Crippen MR) is 224 cm³/mol. The Kier molecular flexibility index (Phi) is 13.5. The molecule has 15 nitrogen and oxygen atoms in total. The van der Waals surface area contributed by atoms with Crippen LogP contribution in [0.25, 0.3) is 0 Å². The minimum Gasteiger partial charge on any atom is -0.340 e. The zero-order valence-electron chi connectivity index (χ0n) is 33.0. The Morgan fingerprint density at radius 3 is 2.02 bits per heavy atom. The normalized spacial score (nSPS) is 14.3. The number of anilines is 4. The van der Waals surface area contributed by atoms with Crippen LogP contribution in [-0.2, 0) is 28.9 Å². The fraction of sp³-hybridized carbons (Fsp3) is 0.405. The van der Waals surface area contributed by atoms with Crippen molar-refractivity contribution in [1.29, 1.82) is 0 Å². The highest BCUT2D eigenvalue weighted by atomic mass is 32.1. The molecule has 2 fully saturated rings. The Labute approximate surface area is 349 Å². The van der Waals surface area contributed by atoms with E-state index in [1.54, 1.807) is 36.7 Å². The zero-order chi connectivity index (χ0) is 41.3. The van der Waals surface area contributed by atoms with Crippen LogP contribution in [0.2, 0.25) is 0 Å². The lowest BCUT2D eigenvalue weighted by Crippen LogP contribution is -2.38. The van der Waals surface area contributed by atoms with Crippen LogP contribution in [0, 0.1) is 25.7 Å². The van der Waals surface area contributed by atoms with E-state index in [0.717, 1.165) is 77.3 Å². The van der Waals surface area contributed by atoms with E-state index < -0.39 is 18.0 Å². The van der Waals surface area contributed by atoms with Crippen LogP contribution in [0.5, 0.6) is 0 Å². The number of urea groups is 2. The second-order valence-electron chi connectivity index (χ2n) is 15.0. The summed E-state index contributed by atoms with van der Waals surface area (Å²) in [5, 5.41) is 13.4. The van der Waals surface area contributed by atoms with Crippen LogP contribution < -0.4 is 21.0 Å². The Balaban J connectivity index is 0.976. The summed E-state index contributed by atoms with van der Waals surface area (Å²) in [6.45, 7) is 3.78. The van der Waals surface area contributed by atoms with Gasteiger partial charge in [0, 0.05) is 58.0 Å². The molecule has 0 radical (unpaired) electrons. The topological polar surface area (TPSA) is 199 Å². The average molecular weight is 839 g/mol. The van der Waals surface area contributed by atoms with Crippen molar-refractivity contribution in [2.45, 2.75) is 97.3 Å². The smallest absolute Gasteiger partial charge is 0.340 e. The highest BCUT2D eigenvalue weighted by Gasteiger charge is 2.31. The third-order valence-electron chi connectivity index (χ3n) is 10.5. The van der Waals surface area contributed by atoms with Gasteiger partial charge >= 0.3 is 18.0 Å². The molecule has 308 valence electrons. The number of benzene rings is 2. The first kappa shape index (κ1) is 41.4. The van der Waals surface area contributed by atoms with Gasteiger partial charge < -0.3 is 14.7 Å². The number of carbonyl (C=O) groups excluding carboxylic acids is 5. The summed E-state index contributed by atoms with van der Waals surface area (Å²) in [6, 6.07) is 9.24. The Hall–Kier alpha value is -5.81. The summed E-state index contributed by atoms with van der Waals surface area (Å²) in [5.41, 5.74) is 3.22. The van der Waals surface area contributed by atoms with Gasteiger partial charge in [-0.3, -0.25) is 20.2 Å². The van der Waals surface area contributed by atoms with Crippen LogP contribution in [0.4, 0.5) is 31.2 Å². The van der Waals surface area contributed by atoms with Crippen molar-refractivity contribution >= 4 is 73.9 Å². The number of carbonyl (C=O) groups is 5. The third-order valence-corrected chi connectivity index (χ3v) is 12.4. The average Bonchev–Trinajstić information content (AvgIpc) is 4.08. The van der Waals surface area contributed by atoms with Gasteiger partial charge in [-0.1, -0.05) is 54.1 Å². The van der Waals surface area contributed by atoms with Crippen molar-refractivity contribution in [3.63, 3.8) is 0 Å². The van der Waals surface area contributed by atoms with Gasteiger partial charge in [0.2, 0.25) is 5.89 Å². The summed E-state index contributed by atoms with van der Waals surface area (Å²) in [5.74, 6) is -0.428. The Bertz CT molecular complexity index is 2290. The number of ketones is 2. The molecule has 4 amide bonds. The molecular formula is C42H46N8O7S2. The standard InChI is InChI=1S/C42H46N8O7S2/c1-25-14-17-33(31(20-25)37(52)27-8-3-4-9-27)47-39(54)48-40-43-22-29(58-40)12-7-13-36(51)57-50(34-18-15-26(2)21-32(34)38(53)28-10-5-6-11-28)42(55)49-41-44-23-30(59-41)16-19-35-45-24-46-56-35/h14-15,17-18,20-24,27-28H,3-13,16,19H2,1-2H3,(H,44,49,55)(H2,43,47,48,54). The molecular weight excluding hydrogens is 793 g/mol. The van der Waals surface area contributed by atoms with Crippen molar-refractivity contribution in [3.8, 4) is 0 Å². The molecule has 17 heteroatoms. The van der Waals surface area contributed by atoms with Crippen molar-refractivity contribution in [1.82, 2.24) is 20.1 Å². The van der Waals surface area contributed by atoms with Gasteiger partial charge in [-0.05, 0) is 83.1 Å². The molecule has 2 aromatic carbocycles. The van der Waals surface area contributed by atoms with Gasteiger partial charge in [0.25, 0.3) is 0 Å². The number of hydrogen-bond donors (Lipinski definition) is 3. The molecule has 0 unspecified atom stereocenters. The van der Waals surface area contributed by atoms with E-state index in [1.165, 1.54) is 29.0 Å². The van der Waals surface area contributed by atoms with Gasteiger partial charge in [0.05, 0.1) is 11.4 Å². The second kappa shape index (κ2) is 19.3. The summed E-state index contributed by atoms with van der Waals surface area (Å²) in [6.07, 6.45) is 13.6. The highest BCUT2D eigenvalue weighted by Crippen LogP contribution is 2.34. The fourth-order valence-electron chi connectivity index (χ4n) is 7.46. The third kappa shape index (κ3) is 10.8. The SMILES string of the molecule is Cc1ccc(NC(=O)Nc2ncc(CCCC(=O)ON(C(=O)Nc3ncc(CCc4ncno4)s3)c3ccc(C)cc3C(=O)C3CCCC3)s2)c(C(=O)C2CCCC2)c1. The summed E-state index contributed by atoms with van der Waals surface area (Å²) < 4.78 is 5.07. The number of rotatable bonds is 15. The molecule has 2 aliphatic carbocycles. The van der Waals surface area contributed by atoms with Crippen molar-refractivity contribution in [3.05, 3.63) is 93.0 Å². The highest BCUT2D eigenvalue weighted by molar-refractivity contribution is 7.16. The molecule has 0 saturated heterocycles.